The highest BCUT2D eigenvalue weighted by Crippen LogP contribution is 2.21. The van der Waals surface area contributed by atoms with E-state index in [0.29, 0.717) is 12.8 Å². The van der Waals surface area contributed by atoms with Crippen LogP contribution < -0.4 is 0 Å². The summed E-state index contributed by atoms with van der Waals surface area (Å²) >= 11 is 0. The Balaban J connectivity index is 2.06. The molecule has 0 aromatic heterocycles. The maximum Gasteiger partial charge on any atom is 0.335 e. The van der Waals surface area contributed by atoms with Gasteiger partial charge in [-0.15, -0.1) is 0 Å². The molecule has 2 rings (SSSR count). The van der Waals surface area contributed by atoms with E-state index >= 15 is 0 Å². The van der Waals surface area contributed by atoms with Gasteiger partial charge in [-0.05, 0) is 30.5 Å². The van der Waals surface area contributed by atoms with Crippen molar-refractivity contribution in [2.75, 3.05) is 12.8 Å². The van der Waals surface area contributed by atoms with E-state index in [-0.39, 0.29) is 23.8 Å². The smallest absolute Gasteiger partial charge is 0.335 e. The Hall–Kier alpha value is -1.89. The predicted octanol–water partition coefficient (Wildman–Crippen LogP) is 1.31. The van der Waals surface area contributed by atoms with Gasteiger partial charge in [-0.25, -0.2) is 13.2 Å². The van der Waals surface area contributed by atoms with E-state index in [9.17, 15) is 18.0 Å². The molecule has 22 heavy (non-hydrogen) atoms. The Labute approximate surface area is 129 Å². The third kappa shape index (κ3) is 3.65. The van der Waals surface area contributed by atoms with Crippen LogP contribution >= 0.6 is 0 Å². The molecule has 1 unspecified atom stereocenters. The first kappa shape index (κ1) is 16.5. The number of sulfone groups is 1. The Morgan fingerprint density at radius 3 is 2.41 bits per heavy atom. The fourth-order valence-corrected chi connectivity index (χ4v) is 4.49. The van der Waals surface area contributed by atoms with Gasteiger partial charge >= 0.3 is 5.97 Å². The number of aromatic carboxylic acids is 1. The number of benzene rings is 1. The minimum atomic E-state index is -3.35. The fraction of sp³-hybridized carbons (Fsp3) is 0.467. The molecule has 1 aliphatic heterocycles. The lowest BCUT2D eigenvalue weighted by Crippen LogP contribution is -2.43. The van der Waals surface area contributed by atoms with Gasteiger partial charge < -0.3 is 10.0 Å². The summed E-state index contributed by atoms with van der Waals surface area (Å²) in [6.45, 7) is 0.255. The second-order valence-corrected chi connectivity index (χ2v) is 7.85. The molecule has 120 valence electrons. The number of carboxylic acids is 1. The molecule has 1 heterocycles. The van der Waals surface area contributed by atoms with Crippen molar-refractivity contribution in [2.24, 2.45) is 0 Å². The molecular formula is C15H19NO5S. The van der Waals surface area contributed by atoms with Crippen molar-refractivity contribution in [1.82, 2.24) is 4.90 Å². The second kappa shape index (κ2) is 6.48. The van der Waals surface area contributed by atoms with E-state index < -0.39 is 21.1 Å². The van der Waals surface area contributed by atoms with Crippen LogP contribution in [0.1, 0.15) is 35.2 Å². The second-order valence-electron chi connectivity index (χ2n) is 5.55. The summed E-state index contributed by atoms with van der Waals surface area (Å²) in [5, 5.41) is 7.90. The van der Waals surface area contributed by atoms with Gasteiger partial charge in [0.25, 0.3) is 0 Å². The summed E-state index contributed by atoms with van der Waals surface area (Å²) < 4.78 is 24.0. The normalized spacial score (nSPS) is 20.3. The van der Waals surface area contributed by atoms with Crippen LogP contribution in [-0.2, 0) is 21.2 Å². The van der Waals surface area contributed by atoms with Crippen molar-refractivity contribution in [3.8, 4) is 0 Å². The zero-order chi connectivity index (χ0) is 16.3. The molecule has 1 atom stereocenters. The molecular weight excluding hydrogens is 306 g/mol. The maximum atomic E-state index is 12.3. The molecule has 7 heteroatoms. The van der Waals surface area contributed by atoms with Gasteiger partial charge in [0, 0.05) is 13.6 Å². The van der Waals surface area contributed by atoms with Crippen molar-refractivity contribution in [2.45, 2.75) is 31.1 Å². The number of carbonyl (C=O) groups is 2. The zero-order valence-corrected chi connectivity index (χ0v) is 13.2. The summed E-state index contributed by atoms with van der Waals surface area (Å²) in [7, 11) is -1.78. The van der Waals surface area contributed by atoms with Gasteiger partial charge in [0.1, 0.15) is 5.25 Å². The van der Waals surface area contributed by atoms with Crippen LogP contribution in [0.5, 0.6) is 0 Å². The van der Waals surface area contributed by atoms with E-state index in [1.807, 2.05) is 0 Å². The van der Waals surface area contributed by atoms with Crippen molar-refractivity contribution in [3.05, 3.63) is 35.4 Å². The summed E-state index contributed by atoms with van der Waals surface area (Å²) in [6, 6.07) is 6.19. The van der Waals surface area contributed by atoms with Crippen LogP contribution in [0.3, 0.4) is 0 Å². The van der Waals surface area contributed by atoms with Crippen LogP contribution in [0, 0.1) is 0 Å². The van der Waals surface area contributed by atoms with Crippen LogP contribution in [-0.4, -0.2) is 48.4 Å². The maximum absolute atomic E-state index is 12.3. The molecule has 1 N–H and O–H groups in total. The van der Waals surface area contributed by atoms with Crippen LogP contribution in [0.4, 0.5) is 0 Å². The van der Waals surface area contributed by atoms with Crippen molar-refractivity contribution in [3.63, 3.8) is 0 Å². The topological polar surface area (TPSA) is 91.8 Å². The standard InChI is InChI=1S/C15H19NO5S/c1-16(10-11-5-7-12(8-6-11)15(18)19)14(17)13-4-2-3-9-22(13,20)21/h5-8,13H,2-4,9-10H2,1H3,(H,18,19). The Bertz CT molecular complexity index is 666. The van der Waals surface area contributed by atoms with Crippen LogP contribution in [0.2, 0.25) is 0 Å². The summed E-state index contributed by atoms with van der Waals surface area (Å²) in [4.78, 5) is 24.5. The zero-order valence-electron chi connectivity index (χ0n) is 12.4. The molecule has 0 saturated carbocycles. The first-order valence-corrected chi connectivity index (χ1v) is 8.81. The van der Waals surface area contributed by atoms with Gasteiger partial charge in [-0.3, -0.25) is 4.79 Å². The van der Waals surface area contributed by atoms with E-state index in [0.717, 1.165) is 12.0 Å². The Morgan fingerprint density at radius 1 is 1.23 bits per heavy atom. The molecule has 1 aliphatic rings. The number of amides is 1. The molecule has 1 aromatic carbocycles. The number of nitrogens with zero attached hydrogens (tertiary/aromatic N) is 1. The predicted molar refractivity (Wildman–Crippen MR) is 81.3 cm³/mol. The highest BCUT2D eigenvalue weighted by atomic mass is 32.2. The molecule has 1 amide bonds. The molecule has 1 fully saturated rings. The van der Waals surface area contributed by atoms with Gasteiger partial charge in [-0.2, -0.15) is 0 Å². The first-order chi connectivity index (χ1) is 10.3. The van der Waals surface area contributed by atoms with Crippen LogP contribution in [0.15, 0.2) is 24.3 Å². The highest BCUT2D eigenvalue weighted by Gasteiger charge is 2.36. The van der Waals surface area contributed by atoms with Crippen molar-refractivity contribution in [1.29, 1.82) is 0 Å². The van der Waals surface area contributed by atoms with E-state index in [2.05, 4.69) is 0 Å². The molecule has 0 aliphatic carbocycles. The largest absolute Gasteiger partial charge is 0.478 e. The monoisotopic (exact) mass is 325 g/mol. The van der Waals surface area contributed by atoms with E-state index in [1.54, 1.807) is 19.2 Å². The first-order valence-electron chi connectivity index (χ1n) is 7.10. The molecule has 1 aromatic rings. The van der Waals surface area contributed by atoms with Gasteiger partial charge in [-0.1, -0.05) is 18.6 Å². The number of carbonyl (C=O) groups excluding carboxylic acids is 1. The third-order valence-corrected chi connectivity index (χ3v) is 6.01. The average molecular weight is 325 g/mol. The molecule has 0 bridgehead atoms. The number of hydrogen-bond acceptors (Lipinski definition) is 4. The lowest BCUT2D eigenvalue weighted by Gasteiger charge is -2.26. The Morgan fingerprint density at radius 2 is 1.86 bits per heavy atom. The van der Waals surface area contributed by atoms with Gasteiger partial charge in [0.15, 0.2) is 9.84 Å². The average Bonchev–Trinajstić information content (AvgIpc) is 2.46. The number of hydrogen-bond donors (Lipinski definition) is 1. The van der Waals surface area contributed by atoms with Crippen molar-refractivity contribution >= 4 is 21.7 Å². The number of rotatable bonds is 4. The summed E-state index contributed by atoms with van der Waals surface area (Å²) in [5.74, 6) is -1.32. The quantitative estimate of drug-likeness (QED) is 0.901. The van der Waals surface area contributed by atoms with Gasteiger partial charge in [0.2, 0.25) is 5.91 Å². The highest BCUT2D eigenvalue weighted by molar-refractivity contribution is 7.92. The lowest BCUT2D eigenvalue weighted by molar-refractivity contribution is -0.130. The summed E-state index contributed by atoms with van der Waals surface area (Å²) in [5.41, 5.74) is 0.932. The van der Waals surface area contributed by atoms with Gasteiger partial charge in [0.05, 0.1) is 11.3 Å². The number of carboxylic acid groups (broad SMARTS) is 1. The summed E-state index contributed by atoms with van der Waals surface area (Å²) in [6.07, 6.45) is 1.74. The fourth-order valence-electron chi connectivity index (χ4n) is 2.58. The Kier molecular flexibility index (Phi) is 4.85. The molecule has 0 radical (unpaired) electrons. The minimum Gasteiger partial charge on any atom is -0.478 e. The molecule has 1 saturated heterocycles. The van der Waals surface area contributed by atoms with Crippen LogP contribution in [0.25, 0.3) is 0 Å². The molecule has 6 nitrogen and oxygen atoms in total. The lowest BCUT2D eigenvalue weighted by atomic mass is 10.1. The SMILES string of the molecule is CN(Cc1ccc(C(=O)O)cc1)C(=O)C1CCCCS1(=O)=O. The minimum absolute atomic E-state index is 0.0740. The van der Waals surface area contributed by atoms with E-state index in [4.69, 9.17) is 5.11 Å². The van der Waals surface area contributed by atoms with E-state index in [1.165, 1.54) is 17.0 Å². The third-order valence-electron chi connectivity index (χ3n) is 3.85. The van der Waals surface area contributed by atoms with Crippen molar-refractivity contribution < 1.29 is 23.1 Å². The molecule has 0 spiro atoms.